The quantitative estimate of drug-likeness (QED) is 0.874. The number of aromatic amines is 1. The molecule has 0 aliphatic carbocycles. The van der Waals surface area contributed by atoms with Crippen molar-refractivity contribution in [2.45, 2.75) is 25.8 Å². The molecule has 0 bridgehead atoms. The van der Waals surface area contributed by atoms with Crippen LogP contribution < -0.4 is 0 Å². The number of aliphatic hydroxyl groups is 1. The molecule has 2 aliphatic heterocycles. The molecule has 2 saturated heterocycles. The fraction of sp³-hybridized carbons (Fsp3) is 0.500. The molecular weight excluding hydrogens is 338 g/mol. The first-order valence-electron chi connectivity index (χ1n) is 10.00. The normalized spacial score (nSPS) is 22.9. The van der Waals surface area contributed by atoms with Gasteiger partial charge in [-0.2, -0.15) is 0 Å². The number of aliphatic hydroxyl groups excluding tert-OH is 1. The molecule has 2 aliphatic rings. The number of piperidine rings is 2. The van der Waals surface area contributed by atoms with E-state index in [9.17, 15) is 9.90 Å². The summed E-state index contributed by atoms with van der Waals surface area (Å²) in [5.41, 5.74) is 2.17. The predicted octanol–water partition coefficient (Wildman–Crippen LogP) is 2.75. The predicted molar refractivity (Wildman–Crippen MR) is 105 cm³/mol. The summed E-state index contributed by atoms with van der Waals surface area (Å²) in [6.45, 7) is 4.73. The van der Waals surface area contributed by atoms with Crippen LogP contribution in [0.5, 0.6) is 0 Å². The molecule has 2 N–H and O–H groups in total. The van der Waals surface area contributed by atoms with Crippen LogP contribution in [0, 0.1) is 11.3 Å². The Kier molecular flexibility index (Phi) is 5.32. The Morgan fingerprint density at radius 3 is 2.48 bits per heavy atom. The fourth-order valence-electron chi connectivity index (χ4n) is 4.84. The van der Waals surface area contributed by atoms with E-state index in [0.29, 0.717) is 12.2 Å². The van der Waals surface area contributed by atoms with Gasteiger partial charge in [-0.15, -0.1) is 0 Å². The van der Waals surface area contributed by atoms with Crippen molar-refractivity contribution >= 4 is 5.91 Å². The molecule has 1 aromatic heterocycles. The first-order chi connectivity index (χ1) is 13.2. The van der Waals surface area contributed by atoms with Crippen LogP contribution in [0.25, 0.3) is 0 Å². The first-order valence-corrected chi connectivity index (χ1v) is 10.00. The van der Waals surface area contributed by atoms with E-state index in [0.717, 1.165) is 45.4 Å². The highest BCUT2D eigenvalue weighted by atomic mass is 16.3. The Morgan fingerprint density at radius 2 is 1.81 bits per heavy atom. The molecule has 27 heavy (non-hydrogen) atoms. The number of carbonyl (C=O) groups is 1. The fourth-order valence-corrected chi connectivity index (χ4v) is 4.84. The van der Waals surface area contributed by atoms with Gasteiger partial charge >= 0.3 is 0 Å². The van der Waals surface area contributed by atoms with Gasteiger partial charge in [0.2, 0.25) is 0 Å². The smallest absolute Gasteiger partial charge is 0.270 e. The van der Waals surface area contributed by atoms with Gasteiger partial charge < -0.3 is 15.0 Å². The number of nitrogens with zero attached hydrogens (tertiary/aromatic N) is 2. The lowest BCUT2D eigenvalue weighted by molar-refractivity contribution is -0.0366. The number of hydrogen-bond acceptors (Lipinski definition) is 3. The van der Waals surface area contributed by atoms with E-state index in [1.807, 2.05) is 17.0 Å². The van der Waals surface area contributed by atoms with Crippen molar-refractivity contribution in [3.63, 3.8) is 0 Å². The van der Waals surface area contributed by atoms with Crippen LogP contribution in [-0.4, -0.2) is 58.6 Å². The zero-order valence-electron chi connectivity index (χ0n) is 15.8. The number of nitrogens with one attached hydrogen (secondary N) is 1. The number of amides is 1. The molecule has 1 amide bonds. The van der Waals surface area contributed by atoms with Gasteiger partial charge in [-0.1, -0.05) is 30.3 Å². The van der Waals surface area contributed by atoms with Crippen LogP contribution in [0.3, 0.4) is 0 Å². The molecule has 1 spiro atoms. The molecule has 2 fully saturated rings. The molecule has 5 heteroatoms. The minimum absolute atomic E-state index is 0.0508. The third kappa shape index (κ3) is 3.80. The summed E-state index contributed by atoms with van der Waals surface area (Å²) in [4.78, 5) is 20.1. The number of carbonyl (C=O) groups excluding carboxylic acids is 1. The van der Waals surface area contributed by atoms with Crippen LogP contribution in [0.2, 0.25) is 0 Å². The van der Waals surface area contributed by atoms with E-state index in [4.69, 9.17) is 0 Å². The number of likely N-dealkylation sites (tertiary alicyclic amines) is 2. The average molecular weight is 367 g/mol. The van der Waals surface area contributed by atoms with Crippen molar-refractivity contribution in [3.8, 4) is 0 Å². The second-order valence-corrected chi connectivity index (χ2v) is 8.09. The minimum Gasteiger partial charge on any atom is -0.396 e. The van der Waals surface area contributed by atoms with Crippen LogP contribution in [0.1, 0.15) is 35.3 Å². The van der Waals surface area contributed by atoms with Gasteiger partial charge in [-0.25, -0.2) is 0 Å². The number of benzene rings is 1. The van der Waals surface area contributed by atoms with E-state index >= 15 is 0 Å². The molecule has 0 saturated carbocycles. The van der Waals surface area contributed by atoms with Crippen LogP contribution in [0.15, 0.2) is 48.7 Å². The Labute approximate surface area is 161 Å². The Hall–Kier alpha value is -2.11. The monoisotopic (exact) mass is 367 g/mol. The van der Waals surface area contributed by atoms with Crippen molar-refractivity contribution in [3.05, 3.63) is 59.9 Å². The highest BCUT2D eigenvalue weighted by molar-refractivity contribution is 5.92. The lowest BCUT2D eigenvalue weighted by Crippen LogP contribution is -2.54. The Balaban J connectivity index is 1.37. The summed E-state index contributed by atoms with van der Waals surface area (Å²) in [7, 11) is 0. The highest BCUT2D eigenvalue weighted by Crippen LogP contribution is 2.45. The lowest BCUT2D eigenvalue weighted by Gasteiger charge is -2.51. The molecule has 5 nitrogen and oxygen atoms in total. The third-order valence-electron chi connectivity index (χ3n) is 6.62. The van der Waals surface area contributed by atoms with Crippen LogP contribution in [0.4, 0.5) is 0 Å². The van der Waals surface area contributed by atoms with E-state index in [2.05, 4.69) is 40.2 Å². The Morgan fingerprint density at radius 1 is 1.07 bits per heavy atom. The van der Waals surface area contributed by atoms with Crippen molar-refractivity contribution in [2.24, 2.45) is 11.3 Å². The standard InChI is InChI=1S/C22H29N3O2/c26-17-19-16-25(21(27)20-7-4-11-23-20)14-10-22(19)8-12-24(13-9-22)15-18-5-2-1-3-6-18/h1-7,11,19,23,26H,8-10,12-17H2. The summed E-state index contributed by atoms with van der Waals surface area (Å²) < 4.78 is 0. The van der Waals surface area contributed by atoms with E-state index in [-0.39, 0.29) is 23.8 Å². The summed E-state index contributed by atoms with van der Waals surface area (Å²) in [5.74, 6) is 0.221. The van der Waals surface area contributed by atoms with Gasteiger partial charge in [-0.05, 0) is 55.5 Å². The van der Waals surface area contributed by atoms with Crippen molar-refractivity contribution in [1.29, 1.82) is 0 Å². The summed E-state index contributed by atoms with van der Waals surface area (Å²) >= 11 is 0. The SMILES string of the molecule is O=C(c1ccc[nH]1)N1CCC2(CCN(Cc3ccccc3)CC2)C(CO)C1. The maximum atomic E-state index is 12.7. The van der Waals surface area contributed by atoms with E-state index in [1.54, 1.807) is 6.20 Å². The Bertz CT molecular complexity index is 736. The zero-order valence-corrected chi connectivity index (χ0v) is 15.8. The molecule has 0 radical (unpaired) electrons. The molecule has 1 aromatic carbocycles. The van der Waals surface area contributed by atoms with Crippen molar-refractivity contribution in [1.82, 2.24) is 14.8 Å². The molecule has 4 rings (SSSR count). The zero-order chi connectivity index (χ0) is 18.7. The molecule has 3 heterocycles. The molecule has 144 valence electrons. The van der Waals surface area contributed by atoms with Gasteiger partial charge in [0, 0.05) is 38.4 Å². The van der Waals surface area contributed by atoms with Gasteiger partial charge in [0.1, 0.15) is 5.69 Å². The lowest BCUT2D eigenvalue weighted by atomic mass is 9.64. The van der Waals surface area contributed by atoms with E-state index in [1.165, 1.54) is 5.56 Å². The summed E-state index contributed by atoms with van der Waals surface area (Å²) in [5, 5.41) is 10.1. The number of aromatic nitrogens is 1. The second-order valence-electron chi connectivity index (χ2n) is 8.09. The number of rotatable bonds is 4. The van der Waals surface area contributed by atoms with Crippen LogP contribution in [-0.2, 0) is 6.54 Å². The molecule has 1 atom stereocenters. The molecule has 2 aromatic rings. The van der Waals surface area contributed by atoms with Gasteiger partial charge in [0.25, 0.3) is 5.91 Å². The highest BCUT2D eigenvalue weighted by Gasteiger charge is 2.45. The van der Waals surface area contributed by atoms with Crippen molar-refractivity contribution < 1.29 is 9.90 Å². The third-order valence-corrected chi connectivity index (χ3v) is 6.62. The first kappa shape index (κ1) is 18.3. The maximum absolute atomic E-state index is 12.7. The minimum atomic E-state index is 0.0508. The maximum Gasteiger partial charge on any atom is 0.270 e. The number of hydrogen-bond donors (Lipinski definition) is 2. The van der Waals surface area contributed by atoms with Gasteiger partial charge in [0.15, 0.2) is 0 Å². The second kappa shape index (κ2) is 7.87. The number of H-pyrrole nitrogens is 1. The largest absolute Gasteiger partial charge is 0.396 e. The van der Waals surface area contributed by atoms with E-state index < -0.39 is 0 Å². The summed E-state index contributed by atoms with van der Waals surface area (Å²) in [6.07, 6.45) is 4.99. The van der Waals surface area contributed by atoms with Gasteiger partial charge in [0.05, 0.1) is 0 Å². The topological polar surface area (TPSA) is 59.6 Å². The molecule has 1 unspecified atom stereocenters. The average Bonchev–Trinajstić information content (AvgIpc) is 3.25. The van der Waals surface area contributed by atoms with Crippen molar-refractivity contribution in [2.75, 3.05) is 32.8 Å². The molecular formula is C22H29N3O2. The van der Waals surface area contributed by atoms with Gasteiger partial charge in [-0.3, -0.25) is 9.69 Å². The van der Waals surface area contributed by atoms with Crippen LogP contribution >= 0.6 is 0 Å². The summed E-state index contributed by atoms with van der Waals surface area (Å²) in [6, 6.07) is 14.3.